The molecule has 3 nitrogen and oxygen atoms in total. The highest BCUT2D eigenvalue weighted by Gasteiger charge is 2.06. The van der Waals surface area contributed by atoms with Crippen molar-refractivity contribution in [1.82, 2.24) is 0 Å². The highest BCUT2D eigenvalue weighted by molar-refractivity contribution is 5.75. The van der Waals surface area contributed by atoms with Crippen LogP contribution in [0.15, 0.2) is 24.3 Å². The average molecular weight is 203 g/mol. The monoisotopic (exact) mass is 203 g/mol. The molecule has 1 atom stereocenters. The van der Waals surface area contributed by atoms with Crippen LogP contribution < -0.4 is 4.74 Å². The third kappa shape index (κ3) is 3.82. The molecule has 0 bridgehead atoms. The van der Waals surface area contributed by atoms with Crippen molar-refractivity contribution < 1.29 is 9.53 Å². The van der Waals surface area contributed by atoms with Crippen LogP contribution in [0.1, 0.15) is 25.8 Å². The van der Waals surface area contributed by atoms with E-state index in [0.717, 1.165) is 0 Å². The van der Waals surface area contributed by atoms with Gasteiger partial charge in [0.2, 0.25) is 0 Å². The number of benzene rings is 1. The second-order valence-electron chi connectivity index (χ2n) is 3.47. The Balaban J connectivity index is 2.58. The molecular formula is C12H13NO2. The number of carbonyl (C=O) groups is 1. The molecule has 0 aliphatic heterocycles. The van der Waals surface area contributed by atoms with Crippen LogP contribution in [0, 0.1) is 11.3 Å². The van der Waals surface area contributed by atoms with Crippen molar-refractivity contribution in [3.8, 4) is 11.8 Å². The van der Waals surface area contributed by atoms with Gasteiger partial charge in [0.15, 0.2) is 0 Å². The van der Waals surface area contributed by atoms with Gasteiger partial charge in [-0.25, -0.2) is 0 Å². The zero-order valence-corrected chi connectivity index (χ0v) is 8.86. The van der Waals surface area contributed by atoms with Gasteiger partial charge in [-0.3, -0.25) is 4.79 Å². The summed E-state index contributed by atoms with van der Waals surface area (Å²) in [7, 11) is 0. The van der Waals surface area contributed by atoms with E-state index in [0.29, 0.717) is 17.7 Å². The molecule has 0 aliphatic carbocycles. The molecule has 15 heavy (non-hydrogen) atoms. The van der Waals surface area contributed by atoms with Crippen molar-refractivity contribution in [3.05, 3.63) is 29.8 Å². The summed E-state index contributed by atoms with van der Waals surface area (Å²) in [6.45, 7) is 3.39. The lowest BCUT2D eigenvalue weighted by Crippen LogP contribution is -2.15. The van der Waals surface area contributed by atoms with E-state index in [1.807, 2.05) is 13.0 Å². The average Bonchev–Trinajstić information content (AvgIpc) is 2.17. The second-order valence-corrected chi connectivity index (χ2v) is 3.47. The number of rotatable bonds is 4. The van der Waals surface area contributed by atoms with Gasteiger partial charge in [0.25, 0.3) is 0 Å². The Morgan fingerprint density at radius 3 is 2.53 bits per heavy atom. The van der Waals surface area contributed by atoms with Crippen molar-refractivity contribution in [3.63, 3.8) is 0 Å². The van der Waals surface area contributed by atoms with Gasteiger partial charge in [-0.15, -0.1) is 0 Å². The smallest absolute Gasteiger partial charge is 0.133 e. The molecule has 1 unspecified atom stereocenters. The number of Topliss-reactive ketones (excluding diaryl/α,β-unsaturated/α-hetero) is 1. The van der Waals surface area contributed by atoms with Gasteiger partial charge in [0, 0.05) is 6.42 Å². The zero-order chi connectivity index (χ0) is 11.3. The summed E-state index contributed by atoms with van der Waals surface area (Å²) in [5, 5.41) is 8.59. The first-order valence-electron chi connectivity index (χ1n) is 4.78. The molecule has 0 amide bonds. The summed E-state index contributed by atoms with van der Waals surface area (Å²) in [6, 6.07) is 8.87. The molecule has 0 spiro atoms. The summed E-state index contributed by atoms with van der Waals surface area (Å²) in [6.07, 6.45) is 0.274. The standard InChI is InChI=1S/C12H13NO2/c1-9(14)7-10(2)15-12-5-3-11(8-13)4-6-12/h3-6,10H,7H2,1-2H3. The molecule has 0 radical (unpaired) electrons. The van der Waals surface area contributed by atoms with Gasteiger partial charge in [-0.2, -0.15) is 5.26 Å². The number of ether oxygens (including phenoxy) is 1. The Bertz CT molecular complexity index is 376. The Hall–Kier alpha value is -1.82. The van der Waals surface area contributed by atoms with Gasteiger partial charge >= 0.3 is 0 Å². The summed E-state index contributed by atoms with van der Waals surface area (Å²) in [5.41, 5.74) is 0.599. The number of carbonyl (C=O) groups excluding carboxylic acids is 1. The number of ketones is 1. The van der Waals surface area contributed by atoms with Crippen LogP contribution in [-0.4, -0.2) is 11.9 Å². The minimum absolute atomic E-state index is 0.108. The molecule has 78 valence electrons. The predicted molar refractivity (Wildman–Crippen MR) is 56.5 cm³/mol. The van der Waals surface area contributed by atoms with Crippen LogP contribution in [0.2, 0.25) is 0 Å². The predicted octanol–water partition coefficient (Wildman–Crippen LogP) is 2.30. The lowest BCUT2D eigenvalue weighted by molar-refractivity contribution is -0.118. The molecule has 1 aromatic rings. The molecule has 0 heterocycles. The number of nitriles is 1. The fourth-order valence-electron chi connectivity index (χ4n) is 1.29. The molecule has 0 fully saturated rings. The number of hydrogen-bond donors (Lipinski definition) is 0. The van der Waals surface area contributed by atoms with Crippen LogP contribution in [0.5, 0.6) is 5.75 Å². The molecule has 1 aromatic carbocycles. The van der Waals surface area contributed by atoms with E-state index < -0.39 is 0 Å². The maximum atomic E-state index is 10.8. The SMILES string of the molecule is CC(=O)CC(C)Oc1ccc(C#N)cc1. The minimum Gasteiger partial charge on any atom is -0.490 e. The zero-order valence-electron chi connectivity index (χ0n) is 8.86. The Kier molecular flexibility index (Phi) is 3.87. The van der Waals surface area contributed by atoms with Crippen LogP contribution in [0.4, 0.5) is 0 Å². The first-order chi connectivity index (χ1) is 7.11. The molecular weight excluding hydrogens is 190 g/mol. The summed E-state index contributed by atoms with van der Waals surface area (Å²) in [4.78, 5) is 10.8. The molecule has 3 heteroatoms. The number of hydrogen-bond acceptors (Lipinski definition) is 3. The van der Waals surface area contributed by atoms with Crippen LogP contribution >= 0.6 is 0 Å². The lowest BCUT2D eigenvalue weighted by Gasteiger charge is -2.12. The van der Waals surface area contributed by atoms with Crippen molar-refractivity contribution in [2.24, 2.45) is 0 Å². The quantitative estimate of drug-likeness (QED) is 0.754. The van der Waals surface area contributed by atoms with Gasteiger partial charge in [0.1, 0.15) is 17.6 Å². The van der Waals surface area contributed by atoms with Crippen LogP contribution in [0.25, 0.3) is 0 Å². The van der Waals surface area contributed by atoms with Gasteiger partial charge < -0.3 is 4.74 Å². The van der Waals surface area contributed by atoms with Gasteiger partial charge in [-0.05, 0) is 38.1 Å². The van der Waals surface area contributed by atoms with Crippen LogP contribution in [-0.2, 0) is 4.79 Å². The fourth-order valence-corrected chi connectivity index (χ4v) is 1.29. The minimum atomic E-state index is -0.129. The number of nitrogens with zero attached hydrogens (tertiary/aromatic N) is 1. The molecule has 0 aliphatic rings. The highest BCUT2D eigenvalue weighted by Crippen LogP contribution is 2.14. The third-order valence-corrected chi connectivity index (χ3v) is 1.90. The molecule has 0 N–H and O–H groups in total. The molecule has 0 saturated heterocycles. The van der Waals surface area contributed by atoms with Gasteiger partial charge in [0.05, 0.1) is 11.6 Å². The maximum Gasteiger partial charge on any atom is 0.133 e. The highest BCUT2D eigenvalue weighted by atomic mass is 16.5. The first kappa shape index (κ1) is 11.3. The Morgan fingerprint density at radius 2 is 2.07 bits per heavy atom. The van der Waals surface area contributed by atoms with E-state index in [1.54, 1.807) is 31.2 Å². The van der Waals surface area contributed by atoms with E-state index in [1.165, 1.54) is 0 Å². The summed E-state index contributed by atoms with van der Waals surface area (Å²) in [5.74, 6) is 0.791. The van der Waals surface area contributed by atoms with Crippen molar-refractivity contribution in [2.75, 3.05) is 0 Å². The van der Waals surface area contributed by atoms with E-state index in [9.17, 15) is 4.79 Å². The second kappa shape index (κ2) is 5.16. The largest absolute Gasteiger partial charge is 0.490 e. The topological polar surface area (TPSA) is 50.1 Å². The van der Waals surface area contributed by atoms with Crippen molar-refractivity contribution in [1.29, 1.82) is 5.26 Å². The van der Waals surface area contributed by atoms with Crippen molar-refractivity contribution in [2.45, 2.75) is 26.4 Å². The van der Waals surface area contributed by atoms with E-state index in [-0.39, 0.29) is 11.9 Å². The maximum absolute atomic E-state index is 10.8. The fraction of sp³-hybridized carbons (Fsp3) is 0.333. The van der Waals surface area contributed by atoms with Crippen LogP contribution in [0.3, 0.4) is 0 Å². The first-order valence-corrected chi connectivity index (χ1v) is 4.78. The van der Waals surface area contributed by atoms with Gasteiger partial charge in [-0.1, -0.05) is 0 Å². The summed E-state index contributed by atoms with van der Waals surface area (Å²) >= 11 is 0. The normalized spacial score (nSPS) is 11.5. The summed E-state index contributed by atoms with van der Waals surface area (Å²) < 4.78 is 5.49. The molecule has 1 rings (SSSR count). The van der Waals surface area contributed by atoms with E-state index >= 15 is 0 Å². The Labute approximate surface area is 89.3 Å². The Morgan fingerprint density at radius 1 is 1.47 bits per heavy atom. The van der Waals surface area contributed by atoms with Crippen molar-refractivity contribution >= 4 is 5.78 Å². The molecule has 0 saturated carbocycles. The molecule has 0 aromatic heterocycles. The van der Waals surface area contributed by atoms with E-state index in [4.69, 9.17) is 10.00 Å². The van der Waals surface area contributed by atoms with E-state index in [2.05, 4.69) is 0 Å². The third-order valence-electron chi connectivity index (χ3n) is 1.90. The lowest BCUT2D eigenvalue weighted by atomic mass is 10.2.